The summed E-state index contributed by atoms with van der Waals surface area (Å²) < 4.78 is 49.6. The Morgan fingerprint density at radius 3 is 2.36 bits per heavy atom. The lowest BCUT2D eigenvalue weighted by molar-refractivity contribution is -0.248. The molecule has 2 fully saturated rings. The van der Waals surface area contributed by atoms with Crippen LogP contribution < -0.4 is 16.6 Å². The zero-order chi connectivity index (χ0) is 31.4. The summed E-state index contributed by atoms with van der Waals surface area (Å²) >= 11 is 0. The smallest absolute Gasteiger partial charge is 0.394 e. The van der Waals surface area contributed by atoms with E-state index in [2.05, 4.69) is 20.1 Å². The maximum atomic E-state index is 12.6. The minimum Gasteiger partial charge on any atom is -0.394 e. The average molecular weight is 645 g/mol. The first-order valence-corrected chi connectivity index (χ1v) is 15.0. The highest BCUT2D eigenvalue weighted by Crippen LogP contribution is 2.61. The fourth-order valence-electron chi connectivity index (χ4n) is 3.97. The van der Waals surface area contributed by atoms with Crippen molar-refractivity contribution in [2.24, 2.45) is 0 Å². The predicted octanol–water partition coefficient (Wildman–Crippen LogP) is -4.26. The molecule has 0 radical (unpaired) electrons. The minimum absolute atomic E-state index is 0.0335. The summed E-state index contributed by atoms with van der Waals surface area (Å²) in [6.45, 7) is -1.97. The predicted molar refractivity (Wildman–Crippen MR) is 133 cm³/mol. The van der Waals surface area contributed by atoms with Gasteiger partial charge in [-0.05, 0) is 0 Å². The van der Waals surface area contributed by atoms with E-state index in [9.17, 15) is 58.8 Å². The fourth-order valence-corrected chi connectivity index (χ4v) is 6.13. The molecule has 1 aromatic heterocycles. The maximum absolute atomic E-state index is 12.6. The van der Waals surface area contributed by atoms with Gasteiger partial charge in [-0.1, -0.05) is 0 Å². The molecule has 22 heteroatoms. The van der Waals surface area contributed by atoms with Crippen LogP contribution in [0.25, 0.3) is 0 Å². The molecule has 9 N–H and O–H groups in total. The van der Waals surface area contributed by atoms with Crippen LogP contribution in [0, 0.1) is 12.3 Å². The highest BCUT2D eigenvalue weighted by atomic mass is 31.3. The Labute approximate surface area is 235 Å². The van der Waals surface area contributed by atoms with E-state index >= 15 is 0 Å². The molecule has 236 valence electrons. The van der Waals surface area contributed by atoms with E-state index in [-0.39, 0.29) is 12.8 Å². The minimum atomic E-state index is -5.68. The van der Waals surface area contributed by atoms with Gasteiger partial charge in [0.15, 0.2) is 12.5 Å². The fraction of sp³-hybridized carbons (Fsp3) is 0.650. The van der Waals surface area contributed by atoms with Crippen molar-refractivity contribution in [2.75, 3.05) is 13.2 Å². The van der Waals surface area contributed by atoms with Crippen LogP contribution in [0.1, 0.15) is 19.1 Å². The Balaban J connectivity index is 1.67. The third-order valence-corrected chi connectivity index (χ3v) is 8.61. The molecular weight excluding hydrogens is 616 g/mol. The molecule has 0 saturated carbocycles. The maximum Gasteiger partial charge on any atom is 0.483 e. The number of aliphatic hydroxyl groups excluding tert-OH is 5. The SMILES string of the molecule is C#CCCC(=O)N[C@H]1[C@@H](OP(=O)(O)OP(=O)(O)OC[C@H]2O[C@@H](n3ccc(=O)[nH]c3=O)[C@H](O)[C@@H]2O)O[C@H](CO)[C@H](O)[C@@H]1O. The highest BCUT2D eigenvalue weighted by Gasteiger charge is 2.50. The molecule has 3 heterocycles. The molecule has 2 saturated heterocycles. The number of aliphatic hydroxyl groups is 5. The molecule has 2 unspecified atom stereocenters. The first kappa shape index (κ1) is 34.2. The standard InChI is InChI=1S/C20H29N3O17P2/c1-2-3-4-11(25)21-13-16(29)14(27)9(7-24)38-19(13)39-42(34,35)40-41(32,33)36-8-10-15(28)17(30)18(37-10)23-6-5-12(26)22-20(23)31/h1,5-6,9-10,13-19,24,27-30H,3-4,7-8H2,(H,21,25)(H,32,33)(H,34,35)(H,22,26,31)/t9-,10-,13-,14+,15-,16-,17-,18-,19-/m1/s1. The molecule has 1 amide bonds. The Kier molecular flexibility index (Phi) is 11.4. The number of carbonyl (C=O) groups is 1. The van der Waals surface area contributed by atoms with Crippen molar-refractivity contribution >= 4 is 21.6 Å². The number of aromatic nitrogens is 2. The van der Waals surface area contributed by atoms with Crippen molar-refractivity contribution in [3.8, 4) is 12.3 Å². The van der Waals surface area contributed by atoms with E-state index in [1.807, 2.05) is 4.98 Å². The Bertz CT molecular complexity index is 1360. The highest BCUT2D eigenvalue weighted by molar-refractivity contribution is 7.61. The molecule has 0 bridgehead atoms. The largest absolute Gasteiger partial charge is 0.483 e. The van der Waals surface area contributed by atoms with Crippen molar-refractivity contribution in [3.05, 3.63) is 33.1 Å². The van der Waals surface area contributed by atoms with Crippen LogP contribution in [0.3, 0.4) is 0 Å². The number of terminal acetylenes is 1. The van der Waals surface area contributed by atoms with E-state index in [4.69, 9.17) is 20.4 Å². The third-order valence-electron chi connectivity index (χ3n) is 6.01. The number of hydrogen-bond acceptors (Lipinski definition) is 15. The van der Waals surface area contributed by atoms with Gasteiger partial charge in [-0.25, -0.2) is 13.9 Å². The molecule has 0 spiro atoms. The number of phosphoric ester groups is 2. The summed E-state index contributed by atoms with van der Waals surface area (Å²) in [5.74, 6) is 1.39. The zero-order valence-electron chi connectivity index (χ0n) is 21.3. The van der Waals surface area contributed by atoms with Gasteiger partial charge in [0.05, 0.1) is 13.2 Å². The number of nitrogens with one attached hydrogen (secondary N) is 2. The van der Waals surface area contributed by atoms with Gasteiger partial charge in [0.2, 0.25) is 5.91 Å². The van der Waals surface area contributed by atoms with Crippen molar-refractivity contribution in [2.45, 2.75) is 68.0 Å². The number of rotatable bonds is 12. The van der Waals surface area contributed by atoms with Crippen molar-refractivity contribution in [3.63, 3.8) is 0 Å². The number of nitrogens with zero attached hydrogens (tertiary/aromatic N) is 1. The Morgan fingerprint density at radius 2 is 1.74 bits per heavy atom. The Hall–Kier alpha value is -2.31. The third kappa shape index (κ3) is 8.41. The van der Waals surface area contributed by atoms with E-state index in [1.165, 1.54) is 0 Å². The second-order valence-corrected chi connectivity index (χ2v) is 12.0. The summed E-state index contributed by atoms with van der Waals surface area (Å²) in [6.07, 6.45) is -8.47. The van der Waals surface area contributed by atoms with Gasteiger partial charge in [0.1, 0.15) is 42.7 Å². The van der Waals surface area contributed by atoms with E-state index in [0.29, 0.717) is 0 Å². The van der Waals surface area contributed by atoms with Crippen LogP contribution in [-0.4, -0.2) is 113 Å². The summed E-state index contributed by atoms with van der Waals surface area (Å²) in [6, 6.07) is -0.832. The van der Waals surface area contributed by atoms with Gasteiger partial charge in [-0.15, -0.1) is 12.3 Å². The normalized spacial score (nSPS) is 34.2. The number of phosphoric acid groups is 2. The summed E-state index contributed by atoms with van der Waals surface area (Å²) in [5.41, 5.74) is -1.77. The zero-order valence-corrected chi connectivity index (χ0v) is 23.1. The quantitative estimate of drug-likeness (QED) is 0.0767. The molecule has 3 rings (SSSR count). The van der Waals surface area contributed by atoms with Crippen LogP contribution in [0.2, 0.25) is 0 Å². The lowest BCUT2D eigenvalue weighted by atomic mass is 9.97. The molecule has 2 aliphatic heterocycles. The van der Waals surface area contributed by atoms with Crippen LogP contribution >= 0.6 is 15.6 Å². The Morgan fingerprint density at radius 1 is 1.07 bits per heavy atom. The van der Waals surface area contributed by atoms with Gasteiger partial charge in [0.25, 0.3) is 5.56 Å². The molecule has 42 heavy (non-hydrogen) atoms. The second kappa shape index (κ2) is 14.0. The first-order valence-electron chi connectivity index (χ1n) is 12.0. The van der Waals surface area contributed by atoms with Gasteiger partial charge in [-0.2, -0.15) is 4.31 Å². The number of amides is 1. The number of carbonyl (C=O) groups excluding carboxylic acids is 1. The van der Waals surface area contributed by atoms with Gasteiger partial charge in [0, 0.05) is 25.1 Å². The molecule has 11 atom stereocenters. The van der Waals surface area contributed by atoms with Crippen molar-refractivity contribution in [1.82, 2.24) is 14.9 Å². The summed E-state index contributed by atoms with van der Waals surface area (Å²) in [4.78, 5) is 57.3. The number of hydrogen-bond donors (Lipinski definition) is 9. The van der Waals surface area contributed by atoms with Crippen molar-refractivity contribution < 1.29 is 72.1 Å². The second-order valence-electron chi connectivity index (χ2n) is 8.99. The number of aromatic amines is 1. The average Bonchev–Trinajstić information content (AvgIpc) is 3.18. The van der Waals surface area contributed by atoms with Crippen LogP contribution in [0.5, 0.6) is 0 Å². The molecule has 1 aromatic rings. The van der Waals surface area contributed by atoms with E-state index in [1.54, 1.807) is 0 Å². The van der Waals surface area contributed by atoms with Crippen molar-refractivity contribution in [1.29, 1.82) is 0 Å². The number of ether oxygens (including phenoxy) is 2. The number of H-pyrrole nitrogens is 1. The summed E-state index contributed by atoms with van der Waals surface area (Å²) in [5, 5.41) is 52.5. The van der Waals surface area contributed by atoms with Gasteiger partial charge >= 0.3 is 21.3 Å². The van der Waals surface area contributed by atoms with E-state index in [0.717, 1.165) is 16.8 Å². The van der Waals surface area contributed by atoms with Crippen LogP contribution in [0.15, 0.2) is 21.9 Å². The van der Waals surface area contributed by atoms with Gasteiger partial charge < -0.3 is 50.1 Å². The van der Waals surface area contributed by atoms with Crippen LogP contribution in [-0.2, 0) is 36.8 Å². The van der Waals surface area contributed by atoms with E-state index < -0.39 is 101 Å². The van der Waals surface area contributed by atoms with Gasteiger partial charge in [-0.3, -0.25) is 28.2 Å². The lowest BCUT2D eigenvalue weighted by Crippen LogP contribution is -2.64. The first-order chi connectivity index (χ1) is 19.6. The monoisotopic (exact) mass is 645 g/mol. The molecule has 0 aliphatic carbocycles. The topological polar surface area (TPSA) is 306 Å². The molecular formula is C20H29N3O17P2. The summed E-state index contributed by atoms with van der Waals surface area (Å²) in [7, 11) is -11.2. The molecule has 0 aromatic carbocycles. The molecule has 20 nitrogen and oxygen atoms in total. The molecule has 2 aliphatic rings. The lowest BCUT2D eigenvalue weighted by Gasteiger charge is -2.42. The van der Waals surface area contributed by atoms with Crippen LogP contribution in [0.4, 0.5) is 0 Å².